The Labute approximate surface area is 55.5 Å². The Morgan fingerprint density at radius 3 is 2.29 bits per heavy atom. The van der Waals surface area contributed by atoms with Crippen LogP contribution in [0.3, 0.4) is 0 Å². The number of allylic oxidation sites excluding steroid dienone is 3. The van der Waals surface area contributed by atoms with Crippen LogP contribution in [0.25, 0.3) is 0 Å². The zero-order valence-electron chi connectivity index (χ0n) is 4.35. The molecule has 0 heterocycles. The maximum absolute atomic E-state index is 5.00. The first kappa shape index (κ1) is 10.1. The van der Waals surface area contributed by atoms with Crippen molar-refractivity contribution in [3.05, 3.63) is 24.8 Å². The molecule has 0 aliphatic rings. The van der Waals surface area contributed by atoms with E-state index in [9.17, 15) is 0 Å². The van der Waals surface area contributed by atoms with E-state index in [0.29, 0.717) is 0 Å². The van der Waals surface area contributed by atoms with Gasteiger partial charge in [-0.2, -0.15) is 6.08 Å². The summed E-state index contributed by atoms with van der Waals surface area (Å²) in [5.74, 6) is 0. The standard InChI is InChI=1S/C6H9.Co/c1-3-5-6-4-2;/h1,3,5-6H,4H2,2H3;/q-1;. The van der Waals surface area contributed by atoms with Crippen molar-refractivity contribution in [2.75, 3.05) is 0 Å². The van der Waals surface area contributed by atoms with Crippen molar-refractivity contribution in [1.29, 1.82) is 0 Å². The molecular weight excluding hydrogens is 131 g/mol. The minimum Gasteiger partial charge on any atom is -0.293 e. The van der Waals surface area contributed by atoms with Gasteiger partial charge in [0.25, 0.3) is 0 Å². The molecule has 0 unspecified atom stereocenters. The van der Waals surface area contributed by atoms with Gasteiger partial charge in [0, 0.05) is 16.8 Å². The van der Waals surface area contributed by atoms with Crippen molar-refractivity contribution < 1.29 is 16.8 Å². The van der Waals surface area contributed by atoms with Crippen LogP contribution in [0.5, 0.6) is 0 Å². The van der Waals surface area contributed by atoms with Gasteiger partial charge in [0.1, 0.15) is 0 Å². The van der Waals surface area contributed by atoms with Crippen molar-refractivity contribution in [3.63, 3.8) is 0 Å². The summed E-state index contributed by atoms with van der Waals surface area (Å²) in [4.78, 5) is 0. The van der Waals surface area contributed by atoms with Gasteiger partial charge >= 0.3 is 0 Å². The second kappa shape index (κ2) is 9.37. The van der Waals surface area contributed by atoms with Gasteiger partial charge in [0.15, 0.2) is 0 Å². The fourth-order valence-corrected chi connectivity index (χ4v) is 0.215. The van der Waals surface area contributed by atoms with Crippen molar-refractivity contribution >= 4 is 0 Å². The van der Waals surface area contributed by atoms with E-state index < -0.39 is 0 Å². The molecule has 1 radical (unpaired) electrons. The van der Waals surface area contributed by atoms with Gasteiger partial charge in [-0.05, 0) is 0 Å². The van der Waals surface area contributed by atoms with E-state index in [1.54, 1.807) is 0 Å². The smallest absolute Gasteiger partial charge is 0 e. The predicted molar refractivity (Wildman–Crippen MR) is 28.3 cm³/mol. The molecule has 0 bridgehead atoms. The van der Waals surface area contributed by atoms with Crippen molar-refractivity contribution in [1.82, 2.24) is 0 Å². The van der Waals surface area contributed by atoms with Crippen LogP contribution in [-0.4, -0.2) is 0 Å². The van der Waals surface area contributed by atoms with Crippen molar-refractivity contribution in [2.24, 2.45) is 0 Å². The van der Waals surface area contributed by atoms with E-state index in [-0.39, 0.29) is 16.8 Å². The molecule has 43 valence electrons. The topological polar surface area (TPSA) is 0 Å². The molecule has 0 nitrogen and oxygen atoms in total. The summed E-state index contributed by atoms with van der Waals surface area (Å²) < 4.78 is 0. The number of rotatable bonds is 2. The molecule has 0 rings (SSSR count). The van der Waals surface area contributed by atoms with Crippen LogP contribution < -0.4 is 0 Å². The van der Waals surface area contributed by atoms with Crippen LogP contribution in [0, 0.1) is 6.58 Å². The van der Waals surface area contributed by atoms with Gasteiger partial charge in [0.05, 0.1) is 0 Å². The Kier molecular flexibility index (Phi) is 13.5. The minimum atomic E-state index is 0. The van der Waals surface area contributed by atoms with Crippen molar-refractivity contribution in [2.45, 2.75) is 13.3 Å². The molecule has 0 saturated carbocycles. The second-order valence-electron chi connectivity index (χ2n) is 1.03. The van der Waals surface area contributed by atoms with Gasteiger partial charge in [-0.25, -0.2) is 12.2 Å². The molecule has 0 fully saturated rings. The molecule has 0 aromatic heterocycles. The molecule has 0 saturated heterocycles. The zero-order valence-corrected chi connectivity index (χ0v) is 5.39. The SMILES string of the molecule is [CH-]=CC=CCC.[Co]. The fourth-order valence-electron chi connectivity index (χ4n) is 0.215. The van der Waals surface area contributed by atoms with Crippen molar-refractivity contribution in [3.8, 4) is 0 Å². The van der Waals surface area contributed by atoms with E-state index in [4.69, 9.17) is 6.58 Å². The summed E-state index contributed by atoms with van der Waals surface area (Å²) in [6, 6.07) is 0. The Balaban J connectivity index is 0. The summed E-state index contributed by atoms with van der Waals surface area (Å²) in [5, 5.41) is 0. The van der Waals surface area contributed by atoms with Gasteiger partial charge < -0.3 is 0 Å². The summed E-state index contributed by atoms with van der Waals surface area (Å²) in [6.45, 7) is 7.07. The van der Waals surface area contributed by atoms with Crippen LogP contribution in [0.15, 0.2) is 18.2 Å². The molecule has 1 heteroatoms. The van der Waals surface area contributed by atoms with Gasteiger partial charge in [-0.3, -0.25) is 6.58 Å². The molecule has 0 aliphatic carbocycles. The summed E-state index contributed by atoms with van der Waals surface area (Å²) in [5.41, 5.74) is 0. The quantitative estimate of drug-likeness (QED) is 0.406. The van der Waals surface area contributed by atoms with Crippen LogP contribution in [0.2, 0.25) is 0 Å². The number of hydrogen-bond donors (Lipinski definition) is 0. The Morgan fingerprint density at radius 2 is 2.14 bits per heavy atom. The molecule has 0 aromatic rings. The third-order valence-electron chi connectivity index (χ3n) is 0.483. The molecule has 0 N–H and O–H groups in total. The van der Waals surface area contributed by atoms with E-state index in [1.807, 2.05) is 12.2 Å². The zero-order chi connectivity index (χ0) is 4.83. The summed E-state index contributed by atoms with van der Waals surface area (Å²) in [6.07, 6.45) is 6.43. The van der Waals surface area contributed by atoms with E-state index in [2.05, 4.69) is 6.92 Å². The average Bonchev–Trinajstić information content (AvgIpc) is 1.61. The molecule has 0 spiro atoms. The monoisotopic (exact) mass is 140 g/mol. The van der Waals surface area contributed by atoms with Crippen LogP contribution in [-0.2, 0) is 16.8 Å². The molecule has 0 amide bonds. The second-order valence-corrected chi connectivity index (χ2v) is 1.03. The first-order chi connectivity index (χ1) is 2.91. The van der Waals surface area contributed by atoms with E-state index in [1.165, 1.54) is 6.08 Å². The first-order valence-electron chi connectivity index (χ1n) is 2.12. The summed E-state index contributed by atoms with van der Waals surface area (Å²) >= 11 is 0. The molecule has 0 aliphatic heterocycles. The largest absolute Gasteiger partial charge is 0.293 e. The van der Waals surface area contributed by atoms with Gasteiger partial charge in [0.2, 0.25) is 0 Å². The molecule has 0 aromatic carbocycles. The third-order valence-corrected chi connectivity index (χ3v) is 0.483. The van der Waals surface area contributed by atoms with E-state index in [0.717, 1.165) is 6.42 Å². The van der Waals surface area contributed by atoms with E-state index >= 15 is 0 Å². The maximum atomic E-state index is 5.00. The van der Waals surface area contributed by atoms with Crippen LogP contribution >= 0.6 is 0 Å². The van der Waals surface area contributed by atoms with Crippen LogP contribution in [0.1, 0.15) is 13.3 Å². The first-order valence-corrected chi connectivity index (χ1v) is 2.12. The minimum absolute atomic E-state index is 0. The predicted octanol–water partition coefficient (Wildman–Crippen LogP) is 1.94. The normalized spacial score (nSPS) is 8.14. The third kappa shape index (κ3) is 10.7. The van der Waals surface area contributed by atoms with Gasteiger partial charge in [-0.15, -0.1) is 0 Å². The summed E-state index contributed by atoms with van der Waals surface area (Å²) in [7, 11) is 0. The Morgan fingerprint density at radius 1 is 1.57 bits per heavy atom. The number of hydrogen-bond acceptors (Lipinski definition) is 0. The maximum Gasteiger partial charge on any atom is 0 e. The fraction of sp³-hybridized carbons (Fsp3) is 0.333. The molecule has 0 atom stereocenters. The van der Waals surface area contributed by atoms with Crippen LogP contribution in [0.4, 0.5) is 0 Å². The average molecular weight is 140 g/mol. The molecule has 7 heavy (non-hydrogen) atoms. The Bertz CT molecular complexity index is 55.2. The van der Waals surface area contributed by atoms with Gasteiger partial charge in [-0.1, -0.05) is 13.3 Å². The molecular formula is C6H9Co-. The Hall–Kier alpha value is -0.0135.